The number of benzene rings is 1. The van der Waals surface area contributed by atoms with Crippen molar-refractivity contribution in [1.29, 1.82) is 5.26 Å². The number of anilines is 1. The Morgan fingerprint density at radius 3 is 2.68 bits per heavy atom. The number of aryl methyl sites for hydroxylation is 1. The molecule has 1 heterocycles. The molecule has 0 saturated heterocycles. The van der Waals surface area contributed by atoms with Gasteiger partial charge in [-0.3, -0.25) is 0 Å². The second-order valence-corrected chi connectivity index (χ2v) is 6.95. The summed E-state index contributed by atoms with van der Waals surface area (Å²) in [5.41, 5.74) is 8.66. The van der Waals surface area contributed by atoms with Crippen LogP contribution in [0, 0.1) is 18.3 Å². The Morgan fingerprint density at radius 1 is 1.28 bits per heavy atom. The number of aromatic nitrogens is 2. The van der Waals surface area contributed by atoms with Crippen LogP contribution in [0.4, 0.5) is 5.82 Å². The number of nitrogens with zero attached hydrogens (tertiary/aromatic N) is 4. The van der Waals surface area contributed by atoms with E-state index in [4.69, 9.17) is 5.73 Å². The summed E-state index contributed by atoms with van der Waals surface area (Å²) in [7, 11) is 4.14. The first kappa shape index (κ1) is 17.2. The fraction of sp³-hybridized carbons (Fsp3) is 0.421. The summed E-state index contributed by atoms with van der Waals surface area (Å²) in [5.74, 6) is 0.842. The van der Waals surface area contributed by atoms with E-state index in [2.05, 4.69) is 35.0 Å². The van der Waals surface area contributed by atoms with Crippen LogP contribution in [0.25, 0.3) is 11.4 Å². The minimum atomic E-state index is 0.109. The molecule has 3 N–H and O–H groups in total. The van der Waals surface area contributed by atoms with E-state index in [-0.39, 0.29) is 17.5 Å². The van der Waals surface area contributed by atoms with Crippen LogP contribution in [0.2, 0.25) is 0 Å². The molecule has 0 aliphatic heterocycles. The van der Waals surface area contributed by atoms with Crippen LogP contribution in [0.5, 0.6) is 5.75 Å². The van der Waals surface area contributed by atoms with Crippen LogP contribution >= 0.6 is 0 Å². The van der Waals surface area contributed by atoms with Crippen LogP contribution in [-0.2, 0) is 0 Å². The lowest BCUT2D eigenvalue weighted by molar-refractivity contribution is 0.296. The predicted octanol–water partition coefficient (Wildman–Crippen LogP) is 2.81. The Morgan fingerprint density at radius 2 is 2.04 bits per heavy atom. The summed E-state index contributed by atoms with van der Waals surface area (Å²) in [5, 5.41) is 19.7. The van der Waals surface area contributed by atoms with Crippen LogP contribution in [0.15, 0.2) is 18.2 Å². The molecule has 1 aromatic carbocycles. The number of aromatic hydroxyl groups is 1. The van der Waals surface area contributed by atoms with Gasteiger partial charge in [0.15, 0.2) is 5.82 Å². The summed E-state index contributed by atoms with van der Waals surface area (Å²) in [6.45, 7) is 1.94. The molecular weight excluding hydrogens is 314 g/mol. The minimum absolute atomic E-state index is 0.109. The zero-order valence-electron chi connectivity index (χ0n) is 14.8. The monoisotopic (exact) mass is 337 g/mol. The van der Waals surface area contributed by atoms with Crippen LogP contribution in [0.3, 0.4) is 0 Å². The van der Waals surface area contributed by atoms with Gasteiger partial charge in [0.25, 0.3) is 0 Å². The second-order valence-electron chi connectivity index (χ2n) is 6.95. The molecule has 6 nitrogen and oxygen atoms in total. The molecule has 1 aliphatic rings. The molecule has 2 unspecified atom stereocenters. The molecule has 3 rings (SSSR count). The van der Waals surface area contributed by atoms with Gasteiger partial charge in [0, 0.05) is 12.0 Å². The van der Waals surface area contributed by atoms with Gasteiger partial charge in [0.05, 0.1) is 11.3 Å². The highest BCUT2D eigenvalue weighted by Gasteiger charge is 2.31. The van der Waals surface area contributed by atoms with Crippen molar-refractivity contribution in [2.75, 3.05) is 19.8 Å². The van der Waals surface area contributed by atoms with E-state index in [0.717, 1.165) is 24.8 Å². The van der Waals surface area contributed by atoms with Gasteiger partial charge >= 0.3 is 0 Å². The summed E-state index contributed by atoms with van der Waals surface area (Å²) >= 11 is 0. The molecule has 6 heteroatoms. The standard InChI is InChI=1S/C19H23N5O/c1-11-4-7-16(25)14(8-11)19-22-17(15(10-20)18(21)23-19)12-5-6-13(9-12)24(2)3/h4,7-8,12-13,25H,5-6,9H2,1-3H3,(H2,21,22,23). The van der Waals surface area contributed by atoms with Crippen molar-refractivity contribution >= 4 is 5.82 Å². The molecule has 2 atom stereocenters. The van der Waals surface area contributed by atoms with Gasteiger partial charge in [0.2, 0.25) is 0 Å². The van der Waals surface area contributed by atoms with Gasteiger partial charge in [-0.25, -0.2) is 9.97 Å². The largest absolute Gasteiger partial charge is 0.507 e. The van der Waals surface area contributed by atoms with E-state index in [1.54, 1.807) is 6.07 Å². The number of nitrogens with two attached hydrogens (primary N) is 1. The maximum atomic E-state index is 10.2. The van der Waals surface area contributed by atoms with Crippen molar-refractivity contribution < 1.29 is 5.11 Å². The number of phenols is 1. The molecule has 0 spiro atoms. The summed E-state index contributed by atoms with van der Waals surface area (Å²) in [6.07, 6.45) is 2.97. The quantitative estimate of drug-likeness (QED) is 0.893. The van der Waals surface area contributed by atoms with Crippen molar-refractivity contribution in [2.45, 2.75) is 38.1 Å². The molecule has 2 aromatic rings. The van der Waals surface area contributed by atoms with Crippen molar-refractivity contribution in [1.82, 2.24) is 14.9 Å². The van der Waals surface area contributed by atoms with Crippen molar-refractivity contribution in [2.24, 2.45) is 0 Å². The zero-order chi connectivity index (χ0) is 18.1. The molecule has 1 aromatic heterocycles. The second kappa shape index (κ2) is 6.69. The van der Waals surface area contributed by atoms with Gasteiger partial charge in [-0.1, -0.05) is 11.6 Å². The molecule has 0 bridgehead atoms. The minimum Gasteiger partial charge on any atom is -0.507 e. The van der Waals surface area contributed by atoms with Gasteiger partial charge in [-0.2, -0.15) is 5.26 Å². The molecule has 1 aliphatic carbocycles. The third-order valence-corrected chi connectivity index (χ3v) is 4.99. The average Bonchev–Trinajstić information content (AvgIpc) is 3.06. The third-order valence-electron chi connectivity index (χ3n) is 4.99. The number of phenolic OH excluding ortho intramolecular Hbond substituents is 1. The lowest BCUT2D eigenvalue weighted by atomic mass is 9.98. The van der Waals surface area contributed by atoms with Crippen molar-refractivity contribution in [3.63, 3.8) is 0 Å². The molecular formula is C19H23N5O. The Kier molecular flexibility index (Phi) is 4.60. The maximum Gasteiger partial charge on any atom is 0.165 e. The Bertz CT molecular complexity index is 840. The first-order valence-corrected chi connectivity index (χ1v) is 8.44. The third kappa shape index (κ3) is 3.28. The molecule has 1 fully saturated rings. The molecule has 0 amide bonds. The Balaban J connectivity index is 2.08. The SMILES string of the molecule is Cc1ccc(O)c(-c2nc(N)c(C#N)c(C3CCC(N(C)C)C3)n2)c1. The molecule has 130 valence electrons. The van der Waals surface area contributed by atoms with E-state index in [0.29, 0.717) is 28.7 Å². The fourth-order valence-electron chi connectivity index (χ4n) is 3.53. The Hall–Kier alpha value is -2.65. The first-order chi connectivity index (χ1) is 11.9. The van der Waals surface area contributed by atoms with E-state index in [1.165, 1.54) is 0 Å². The number of rotatable bonds is 3. The van der Waals surface area contributed by atoms with E-state index in [1.807, 2.05) is 19.1 Å². The lowest BCUT2D eigenvalue weighted by Gasteiger charge is -2.19. The lowest BCUT2D eigenvalue weighted by Crippen LogP contribution is -2.24. The molecule has 25 heavy (non-hydrogen) atoms. The highest BCUT2D eigenvalue weighted by Crippen LogP contribution is 2.39. The van der Waals surface area contributed by atoms with Crippen LogP contribution < -0.4 is 5.73 Å². The van der Waals surface area contributed by atoms with Gasteiger partial charge < -0.3 is 15.7 Å². The number of nitrogen functional groups attached to an aromatic ring is 1. The summed E-state index contributed by atoms with van der Waals surface area (Å²) in [4.78, 5) is 11.1. The van der Waals surface area contributed by atoms with Crippen LogP contribution in [-0.4, -0.2) is 40.1 Å². The van der Waals surface area contributed by atoms with E-state index >= 15 is 0 Å². The Labute approximate surface area is 147 Å². The van der Waals surface area contributed by atoms with Gasteiger partial charge in [0.1, 0.15) is 23.2 Å². The average molecular weight is 337 g/mol. The maximum absolute atomic E-state index is 10.2. The van der Waals surface area contributed by atoms with Crippen molar-refractivity contribution in [3.8, 4) is 23.2 Å². The van der Waals surface area contributed by atoms with Crippen LogP contribution in [0.1, 0.15) is 42.0 Å². The predicted molar refractivity (Wildman–Crippen MR) is 97.1 cm³/mol. The molecule has 1 saturated carbocycles. The number of hydrogen-bond acceptors (Lipinski definition) is 6. The zero-order valence-corrected chi connectivity index (χ0v) is 14.8. The normalized spacial score (nSPS) is 20.0. The van der Waals surface area contributed by atoms with Crippen molar-refractivity contribution in [3.05, 3.63) is 35.0 Å². The number of nitriles is 1. The van der Waals surface area contributed by atoms with Gasteiger partial charge in [-0.05, 0) is 52.4 Å². The molecule has 0 radical (unpaired) electrons. The summed E-state index contributed by atoms with van der Waals surface area (Å²) < 4.78 is 0. The van der Waals surface area contributed by atoms with E-state index < -0.39 is 0 Å². The highest BCUT2D eigenvalue weighted by atomic mass is 16.3. The highest BCUT2D eigenvalue weighted by molar-refractivity contribution is 5.67. The van der Waals surface area contributed by atoms with Gasteiger partial charge in [-0.15, -0.1) is 0 Å². The smallest absolute Gasteiger partial charge is 0.165 e. The summed E-state index contributed by atoms with van der Waals surface area (Å²) in [6, 6.07) is 7.92. The topological polar surface area (TPSA) is 99.1 Å². The first-order valence-electron chi connectivity index (χ1n) is 8.44. The number of hydrogen-bond donors (Lipinski definition) is 2. The van der Waals surface area contributed by atoms with E-state index in [9.17, 15) is 10.4 Å². The fourth-order valence-corrected chi connectivity index (χ4v) is 3.53.